The first-order chi connectivity index (χ1) is 13.6. The maximum Gasteiger partial charge on any atom is 0.361 e. The van der Waals surface area contributed by atoms with Crippen molar-refractivity contribution in [2.24, 2.45) is 0 Å². The minimum atomic E-state index is -0.425. The Morgan fingerprint density at radius 3 is 2.39 bits per heavy atom. The summed E-state index contributed by atoms with van der Waals surface area (Å²) >= 11 is 7.49. The number of anilines is 2. The zero-order valence-corrected chi connectivity index (χ0v) is 16.5. The van der Waals surface area contributed by atoms with Crippen molar-refractivity contribution < 1.29 is 9.15 Å². The van der Waals surface area contributed by atoms with Crippen LogP contribution in [0.4, 0.5) is 11.4 Å². The highest BCUT2D eigenvalue weighted by Gasteiger charge is 2.16. The van der Waals surface area contributed by atoms with Crippen molar-refractivity contribution in [3.8, 4) is 5.75 Å². The van der Waals surface area contributed by atoms with Gasteiger partial charge in [-0.25, -0.2) is 4.79 Å². The molecular formula is C22H16ClNO3S. The Balaban J connectivity index is 1.82. The Hall–Kier alpha value is -2.89. The van der Waals surface area contributed by atoms with Gasteiger partial charge in [0.1, 0.15) is 17.0 Å². The average molecular weight is 410 g/mol. The molecule has 6 heteroatoms. The van der Waals surface area contributed by atoms with Gasteiger partial charge in [0.2, 0.25) is 0 Å². The molecule has 0 bridgehead atoms. The summed E-state index contributed by atoms with van der Waals surface area (Å²) in [5.41, 5.74) is 1.28. The normalized spacial score (nSPS) is 10.8. The van der Waals surface area contributed by atoms with Crippen molar-refractivity contribution in [2.75, 3.05) is 12.4 Å². The average Bonchev–Trinajstić information content (AvgIpc) is 2.72. The number of methoxy groups -OCH3 is 1. The fourth-order valence-electron chi connectivity index (χ4n) is 2.77. The monoisotopic (exact) mass is 409 g/mol. The van der Waals surface area contributed by atoms with E-state index in [2.05, 4.69) is 5.32 Å². The Morgan fingerprint density at radius 2 is 1.68 bits per heavy atom. The van der Waals surface area contributed by atoms with Crippen molar-refractivity contribution in [3.63, 3.8) is 0 Å². The molecule has 0 aliphatic rings. The largest absolute Gasteiger partial charge is 0.497 e. The highest BCUT2D eigenvalue weighted by molar-refractivity contribution is 7.99. The Labute approximate surface area is 171 Å². The van der Waals surface area contributed by atoms with E-state index in [4.69, 9.17) is 20.8 Å². The van der Waals surface area contributed by atoms with Crippen LogP contribution in [0.5, 0.6) is 5.75 Å². The zero-order chi connectivity index (χ0) is 19.5. The summed E-state index contributed by atoms with van der Waals surface area (Å²) in [6, 6.07) is 22.4. The molecule has 0 saturated carbocycles. The van der Waals surface area contributed by atoms with Crippen molar-refractivity contribution in [2.45, 2.75) is 9.79 Å². The quantitative estimate of drug-likeness (QED) is 0.389. The second kappa shape index (κ2) is 8.00. The highest BCUT2D eigenvalue weighted by atomic mass is 35.5. The summed E-state index contributed by atoms with van der Waals surface area (Å²) in [5, 5.41) is 4.73. The molecule has 0 saturated heterocycles. The van der Waals surface area contributed by atoms with Gasteiger partial charge in [0.25, 0.3) is 0 Å². The lowest BCUT2D eigenvalue weighted by Crippen LogP contribution is -2.09. The number of benzene rings is 3. The van der Waals surface area contributed by atoms with Crippen LogP contribution in [0.3, 0.4) is 0 Å². The van der Waals surface area contributed by atoms with Crippen LogP contribution in [0.25, 0.3) is 11.0 Å². The van der Waals surface area contributed by atoms with Gasteiger partial charge < -0.3 is 14.5 Å². The second-order valence-corrected chi connectivity index (χ2v) is 7.52. The number of para-hydroxylation sites is 1. The van der Waals surface area contributed by atoms with Gasteiger partial charge in [0.15, 0.2) is 0 Å². The molecule has 1 N–H and O–H groups in total. The third kappa shape index (κ3) is 3.86. The molecule has 28 heavy (non-hydrogen) atoms. The van der Waals surface area contributed by atoms with Crippen molar-refractivity contribution in [1.82, 2.24) is 0 Å². The van der Waals surface area contributed by atoms with E-state index in [0.717, 1.165) is 26.6 Å². The molecule has 140 valence electrons. The third-order valence-corrected chi connectivity index (χ3v) is 5.55. The van der Waals surface area contributed by atoms with Gasteiger partial charge in [-0.05, 0) is 54.6 Å². The highest BCUT2D eigenvalue weighted by Crippen LogP contribution is 2.38. The van der Waals surface area contributed by atoms with Gasteiger partial charge in [0.05, 0.1) is 12.0 Å². The fourth-order valence-corrected chi connectivity index (χ4v) is 3.92. The molecule has 4 aromatic rings. The second-order valence-electron chi connectivity index (χ2n) is 6.00. The summed E-state index contributed by atoms with van der Waals surface area (Å²) in [5.74, 6) is 0.742. The predicted molar refractivity (Wildman–Crippen MR) is 114 cm³/mol. The Morgan fingerprint density at radius 1 is 0.964 bits per heavy atom. The number of nitrogens with one attached hydrogen (secondary N) is 1. The molecule has 0 radical (unpaired) electrons. The molecule has 0 spiro atoms. The molecule has 1 aromatic heterocycles. The first-order valence-corrected chi connectivity index (χ1v) is 9.74. The molecule has 0 fully saturated rings. The van der Waals surface area contributed by atoms with E-state index in [1.54, 1.807) is 13.2 Å². The topological polar surface area (TPSA) is 51.5 Å². The maximum atomic E-state index is 12.7. The van der Waals surface area contributed by atoms with Crippen LogP contribution in [-0.4, -0.2) is 7.11 Å². The van der Waals surface area contributed by atoms with E-state index < -0.39 is 5.63 Å². The van der Waals surface area contributed by atoms with E-state index in [-0.39, 0.29) is 0 Å². The van der Waals surface area contributed by atoms with Gasteiger partial charge in [-0.3, -0.25) is 0 Å². The van der Waals surface area contributed by atoms with Crippen LogP contribution in [-0.2, 0) is 0 Å². The number of hydrogen-bond acceptors (Lipinski definition) is 5. The summed E-state index contributed by atoms with van der Waals surface area (Å²) < 4.78 is 10.7. The molecule has 0 aliphatic carbocycles. The number of rotatable bonds is 5. The minimum Gasteiger partial charge on any atom is -0.497 e. The van der Waals surface area contributed by atoms with Gasteiger partial charge in [-0.2, -0.15) is 0 Å². The van der Waals surface area contributed by atoms with Crippen LogP contribution in [0.1, 0.15) is 0 Å². The number of ether oxygens (including phenoxy) is 1. The lowest BCUT2D eigenvalue weighted by atomic mass is 10.2. The first-order valence-electron chi connectivity index (χ1n) is 8.54. The predicted octanol–water partition coefficient (Wildman–Crippen LogP) is 6.35. The number of fused-ring (bicyclic) bond motifs is 1. The molecule has 4 rings (SSSR count). The summed E-state index contributed by atoms with van der Waals surface area (Å²) in [4.78, 5) is 14.5. The van der Waals surface area contributed by atoms with E-state index in [1.807, 2.05) is 66.7 Å². The van der Waals surface area contributed by atoms with Crippen LogP contribution in [0.15, 0.2) is 91.8 Å². The summed E-state index contributed by atoms with van der Waals surface area (Å²) in [6.07, 6.45) is 0. The Bertz CT molecular complexity index is 1170. The van der Waals surface area contributed by atoms with Gasteiger partial charge in [0, 0.05) is 21.0 Å². The van der Waals surface area contributed by atoms with Crippen molar-refractivity contribution in [3.05, 3.63) is 88.2 Å². The molecule has 0 amide bonds. The third-order valence-electron chi connectivity index (χ3n) is 4.16. The molecule has 1 heterocycles. The molecule has 3 aromatic carbocycles. The fraction of sp³-hybridized carbons (Fsp3) is 0.0455. The van der Waals surface area contributed by atoms with Crippen molar-refractivity contribution in [1.29, 1.82) is 0 Å². The zero-order valence-electron chi connectivity index (χ0n) is 14.9. The summed E-state index contributed by atoms with van der Waals surface area (Å²) in [6.45, 7) is 0. The maximum absolute atomic E-state index is 12.7. The van der Waals surface area contributed by atoms with Crippen LogP contribution < -0.4 is 15.7 Å². The van der Waals surface area contributed by atoms with Crippen LogP contribution >= 0.6 is 23.4 Å². The van der Waals surface area contributed by atoms with Gasteiger partial charge >= 0.3 is 5.63 Å². The molecule has 0 aliphatic heterocycles. The van der Waals surface area contributed by atoms with Gasteiger partial charge in [-0.1, -0.05) is 41.6 Å². The minimum absolute atomic E-state index is 0.392. The first kappa shape index (κ1) is 18.5. The number of halogens is 1. The van der Waals surface area contributed by atoms with E-state index in [9.17, 15) is 4.79 Å². The SMILES string of the molecule is COc1ccc(Nc2c(Sc3ccc(Cl)cc3)c3ccccc3oc2=O)cc1. The van der Waals surface area contributed by atoms with Crippen molar-refractivity contribution >= 4 is 45.7 Å². The number of hydrogen-bond donors (Lipinski definition) is 1. The standard InChI is InChI=1S/C22H16ClNO3S/c1-26-16-10-8-15(9-11-16)24-20-21(28-17-12-6-14(23)7-13-17)18-4-2-3-5-19(18)27-22(20)25/h2-13,24H,1H3. The molecule has 0 atom stereocenters. The summed E-state index contributed by atoms with van der Waals surface area (Å²) in [7, 11) is 1.61. The smallest absolute Gasteiger partial charge is 0.361 e. The molecular weight excluding hydrogens is 394 g/mol. The van der Waals surface area contributed by atoms with Gasteiger partial charge in [-0.15, -0.1) is 0 Å². The lowest BCUT2D eigenvalue weighted by Gasteiger charge is -2.13. The van der Waals surface area contributed by atoms with E-state index >= 15 is 0 Å². The van der Waals surface area contributed by atoms with Crippen LogP contribution in [0, 0.1) is 0 Å². The molecule has 0 unspecified atom stereocenters. The van der Waals surface area contributed by atoms with E-state index in [1.165, 1.54) is 11.8 Å². The Kier molecular flexibility index (Phi) is 5.28. The lowest BCUT2D eigenvalue weighted by molar-refractivity contribution is 0.415. The molecule has 4 nitrogen and oxygen atoms in total. The van der Waals surface area contributed by atoms with Crippen LogP contribution in [0.2, 0.25) is 5.02 Å². The van der Waals surface area contributed by atoms with E-state index in [0.29, 0.717) is 16.3 Å².